The zero-order chi connectivity index (χ0) is 14.2. The molecule has 2 aliphatic rings. The van der Waals surface area contributed by atoms with E-state index in [4.69, 9.17) is 0 Å². The van der Waals surface area contributed by atoms with Gasteiger partial charge in [-0.1, -0.05) is 0 Å². The van der Waals surface area contributed by atoms with Gasteiger partial charge in [0.05, 0.1) is 16.8 Å². The standard InChI is InChI=1S/C16H19N3OS/c20-16(18-14-5-11-1-3-19(9-11)10-14)7-13-6-12-2-4-21-15(12)8-17-13/h2,4,6,8,11,14H,1,3,5,7,9-10H2,(H,18,20)/t11-,14-/m1/s1. The third-order valence-electron chi connectivity index (χ3n) is 4.57. The highest BCUT2D eigenvalue weighted by Crippen LogP contribution is 2.26. The first-order valence-electron chi connectivity index (χ1n) is 7.60. The lowest BCUT2D eigenvalue weighted by Crippen LogP contribution is -2.47. The fraction of sp³-hybridized carbons (Fsp3) is 0.500. The fourth-order valence-corrected chi connectivity index (χ4v) is 4.36. The van der Waals surface area contributed by atoms with Crippen LogP contribution in [-0.4, -0.2) is 41.5 Å². The monoisotopic (exact) mass is 301 g/mol. The Hall–Kier alpha value is -1.46. The van der Waals surface area contributed by atoms with E-state index in [0.717, 1.165) is 24.6 Å². The van der Waals surface area contributed by atoms with Crippen LogP contribution < -0.4 is 5.32 Å². The number of nitrogens with zero attached hydrogens (tertiary/aromatic N) is 2. The van der Waals surface area contributed by atoms with Crippen molar-refractivity contribution < 1.29 is 4.79 Å². The van der Waals surface area contributed by atoms with E-state index in [1.807, 2.05) is 12.3 Å². The molecule has 4 nitrogen and oxygen atoms in total. The molecule has 0 aliphatic carbocycles. The lowest BCUT2D eigenvalue weighted by molar-refractivity contribution is -0.121. The molecule has 4 heterocycles. The summed E-state index contributed by atoms with van der Waals surface area (Å²) in [7, 11) is 0. The molecule has 2 aromatic rings. The molecule has 2 fully saturated rings. The number of amides is 1. The first-order valence-corrected chi connectivity index (χ1v) is 8.48. The number of hydrogen-bond acceptors (Lipinski definition) is 4. The molecule has 0 aromatic carbocycles. The zero-order valence-electron chi connectivity index (χ0n) is 11.9. The Morgan fingerprint density at radius 3 is 3.33 bits per heavy atom. The molecule has 21 heavy (non-hydrogen) atoms. The van der Waals surface area contributed by atoms with Crippen molar-refractivity contribution in [2.45, 2.75) is 25.3 Å². The van der Waals surface area contributed by atoms with Crippen molar-refractivity contribution in [3.63, 3.8) is 0 Å². The summed E-state index contributed by atoms with van der Waals surface area (Å²) in [6.45, 7) is 3.44. The lowest BCUT2D eigenvalue weighted by Gasteiger charge is -2.30. The summed E-state index contributed by atoms with van der Waals surface area (Å²) >= 11 is 1.68. The number of rotatable bonds is 3. The largest absolute Gasteiger partial charge is 0.352 e. The maximum Gasteiger partial charge on any atom is 0.226 e. The number of piperidine rings is 1. The molecule has 1 unspecified atom stereocenters. The topological polar surface area (TPSA) is 45.2 Å². The van der Waals surface area contributed by atoms with Gasteiger partial charge in [-0.3, -0.25) is 9.78 Å². The fourth-order valence-electron chi connectivity index (χ4n) is 3.62. The molecule has 2 aliphatic heterocycles. The zero-order valence-corrected chi connectivity index (χ0v) is 12.7. The summed E-state index contributed by atoms with van der Waals surface area (Å²) < 4.78 is 1.18. The summed E-state index contributed by atoms with van der Waals surface area (Å²) in [4.78, 5) is 19.1. The number of carbonyl (C=O) groups is 1. The summed E-state index contributed by atoms with van der Waals surface area (Å²) in [6, 6.07) is 4.43. The molecule has 2 aromatic heterocycles. The summed E-state index contributed by atoms with van der Waals surface area (Å²) in [6.07, 6.45) is 4.68. The minimum atomic E-state index is 0.101. The SMILES string of the molecule is O=C(Cc1cc2ccsc2cn1)N[C@@H]1C[C@H]2CCN(C2)C1. The van der Waals surface area contributed by atoms with Crippen LogP contribution in [0.4, 0.5) is 0 Å². The number of hydrogen-bond donors (Lipinski definition) is 1. The van der Waals surface area contributed by atoms with Gasteiger partial charge in [0.1, 0.15) is 0 Å². The van der Waals surface area contributed by atoms with Gasteiger partial charge in [-0.25, -0.2) is 0 Å². The van der Waals surface area contributed by atoms with Gasteiger partial charge in [-0.05, 0) is 48.2 Å². The number of carbonyl (C=O) groups excluding carboxylic acids is 1. The van der Waals surface area contributed by atoms with Crippen molar-refractivity contribution in [3.05, 3.63) is 29.4 Å². The van der Waals surface area contributed by atoms with E-state index >= 15 is 0 Å². The van der Waals surface area contributed by atoms with Crippen LogP contribution in [0.15, 0.2) is 23.7 Å². The Bertz CT molecular complexity index is 656. The highest BCUT2D eigenvalue weighted by Gasteiger charge is 2.32. The third kappa shape index (κ3) is 2.80. The van der Waals surface area contributed by atoms with Crippen LogP contribution in [0.5, 0.6) is 0 Å². The van der Waals surface area contributed by atoms with E-state index in [-0.39, 0.29) is 5.91 Å². The molecule has 0 radical (unpaired) electrons. The lowest BCUT2D eigenvalue weighted by atomic mass is 9.97. The van der Waals surface area contributed by atoms with E-state index in [9.17, 15) is 4.79 Å². The number of thiophene rings is 1. The average Bonchev–Trinajstić information content (AvgIpc) is 3.04. The summed E-state index contributed by atoms with van der Waals surface area (Å²) in [5.74, 6) is 0.883. The van der Waals surface area contributed by atoms with Crippen molar-refractivity contribution in [3.8, 4) is 0 Å². The van der Waals surface area contributed by atoms with Crippen molar-refractivity contribution in [1.82, 2.24) is 15.2 Å². The molecule has 2 saturated heterocycles. The maximum absolute atomic E-state index is 12.2. The van der Waals surface area contributed by atoms with Crippen LogP contribution >= 0.6 is 11.3 Å². The predicted octanol–water partition coefficient (Wildman–Crippen LogP) is 2.05. The predicted molar refractivity (Wildman–Crippen MR) is 84.4 cm³/mol. The molecule has 1 amide bonds. The molecule has 110 valence electrons. The van der Waals surface area contributed by atoms with Crippen molar-refractivity contribution in [2.24, 2.45) is 5.92 Å². The van der Waals surface area contributed by atoms with Crippen LogP contribution in [0.2, 0.25) is 0 Å². The quantitative estimate of drug-likeness (QED) is 0.944. The highest BCUT2D eigenvalue weighted by molar-refractivity contribution is 7.17. The van der Waals surface area contributed by atoms with E-state index in [1.54, 1.807) is 11.3 Å². The van der Waals surface area contributed by atoms with E-state index in [1.165, 1.54) is 29.6 Å². The molecule has 3 atom stereocenters. The Labute approximate surface area is 128 Å². The van der Waals surface area contributed by atoms with Crippen LogP contribution in [0.25, 0.3) is 10.1 Å². The molecule has 1 N–H and O–H groups in total. The van der Waals surface area contributed by atoms with Gasteiger partial charge in [-0.2, -0.15) is 0 Å². The van der Waals surface area contributed by atoms with Gasteiger partial charge in [0.15, 0.2) is 0 Å². The van der Waals surface area contributed by atoms with Gasteiger partial charge in [0.2, 0.25) is 5.91 Å². The molecular weight excluding hydrogens is 282 g/mol. The number of fused-ring (bicyclic) bond motifs is 3. The van der Waals surface area contributed by atoms with E-state index < -0.39 is 0 Å². The van der Waals surface area contributed by atoms with Gasteiger partial charge in [0, 0.05) is 25.3 Å². The first kappa shape index (κ1) is 13.2. The molecule has 2 bridgehead atoms. The molecular formula is C16H19N3OS. The first-order chi connectivity index (χ1) is 10.3. The highest BCUT2D eigenvalue weighted by atomic mass is 32.1. The normalized spacial score (nSPS) is 27.9. The Balaban J connectivity index is 1.39. The summed E-state index contributed by atoms with van der Waals surface area (Å²) in [5, 5.41) is 6.43. The van der Waals surface area contributed by atoms with Gasteiger partial charge >= 0.3 is 0 Å². The van der Waals surface area contributed by atoms with Gasteiger partial charge < -0.3 is 10.2 Å². The Morgan fingerprint density at radius 2 is 2.43 bits per heavy atom. The second kappa shape index (κ2) is 5.39. The second-order valence-corrected chi connectivity index (χ2v) is 7.17. The molecule has 5 heteroatoms. The van der Waals surface area contributed by atoms with Crippen LogP contribution in [0, 0.1) is 5.92 Å². The third-order valence-corrected chi connectivity index (χ3v) is 5.44. The van der Waals surface area contributed by atoms with Crippen molar-refractivity contribution in [2.75, 3.05) is 19.6 Å². The maximum atomic E-state index is 12.2. The van der Waals surface area contributed by atoms with Crippen LogP contribution in [-0.2, 0) is 11.2 Å². The Kier molecular flexibility index (Phi) is 3.39. The van der Waals surface area contributed by atoms with E-state index in [0.29, 0.717) is 12.5 Å². The smallest absolute Gasteiger partial charge is 0.226 e. The van der Waals surface area contributed by atoms with Crippen LogP contribution in [0.1, 0.15) is 18.5 Å². The number of aromatic nitrogens is 1. The van der Waals surface area contributed by atoms with Gasteiger partial charge in [-0.15, -0.1) is 11.3 Å². The molecule has 4 rings (SSSR count). The molecule has 0 spiro atoms. The van der Waals surface area contributed by atoms with Gasteiger partial charge in [0.25, 0.3) is 0 Å². The minimum absolute atomic E-state index is 0.101. The van der Waals surface area contributed by atoms with Crippen molar-refractivity contribution >= 4 is 27.3 Å². The number of nitrogens with one attached hydrogen (secondary N) is 1. The average molecular weight is 301 g/mol. The van der Waals surface area contributed by atoms with Crippen LogP contribution in [0.3, 0.4) is 0 Å². The Morgan fingerprint density at radius 1 is 1.48 bits per heavy atom. The minimum Gasteiger partial charge on any atom is -0.352 e. The van der Waals surface area contributed by atoms with Crippen molar-refractivity contribution in [1.29, 1.82) is 0 Å². The van der Waals surface area contributed by atoms with E-state index in [2.05, 4.69) is 26.6 Å². The second-order valence-electron chi connectivity index (χ2n) is 6.23. The summed E-state index contributed by atoms with van der Waals surface area (Å²) in [5.41, 5.74) is 0.859. The number of pyridine rings is 1. The molecule has 0 saturated carbocycles.